The molecule has 1 heterocycles. The Kier molecular flexibility index (Phi) is 4.49. The summed E-state index contributed by atoms with van der Waals surface area (Å²) in [5.41, 5.74) is 6.51. The SMILES string of the molecule is CCSc1cccc(Sc2nncn2C)c1C(=N)N. The Bertz CT molecular complexity index is 594. The number of nitrogens with two attached hydrogens (primary N) is 1. The van der Waals surface area contributed by atoms with Crippen LogP contribution in [0.5, 0.6) is 0 Å². The number of aromatic nitrogens is 3. The highest BCUT2D eigenvalue weighted by atomic mass is 32.2. The van der Waals surface area contributed by atoms with Crippen LogP contribution in [0.1, 0.15) is 12.5 Å². The Morgan fingerprint density at radius 1 is 1.42 bits per heavy atom. The molecule has 0 spiro atoms. The Morgan fingerprint density at radius 2 is 2.16 bits per heavy atom. The summed E-state index contributed by atoms with van der Waals surface area (Å²) in [6, 6.07) is 5.92. The van der Waals surface area contributed by atoms with Crippen LogP contribution in [0.2, 0.25) is 0 Å². The van der Waals surface area contributed by atoms with Crippen LogP contribution < -0.4 is 5.73 Å². The van der Waals surface area contributed by atoms with Crippen LogP contribution in [0.4, 0.5) is 0 Å². The maximum atomic E-state index is 7.79. The van der Waals surface area contributed by atoms with Crippen LogP contribution in [0.3, 0.4) is 0 Å². The number of amidine groups is 1. The lowest BCUT2D eigenvalue weighted by atomic mass is 10.2. The van der Waals surface area contributed by atoms with Gasteiger partial charge in [-0.3, -0.25) is 5.41 Å². The van der Waals surface area contributed by atoms with Gasteiger partial charge in [0.05, 0.1) is 0 Å². The lowest BCUT2D eigenvalue weighted by molar-refractivity contribution is 0.788. The van der Waals surface area contributed by atoms with Crippen molar-refractivity contribution in [3.63, 3.8) is 0 Å². The summed E-state index contributed by atoms with van der Waals surface area (Å²) < 4.78 is 1.84. The lowest BCUT2D eigenvalue weighted by Crippen LogP contribution is -2.14. The van der Waals surface area contributed by atoms with Crippen LogP contribution in [-0.2, 0) is 7.05 Å². The average molecular weight is 293 g/mol. The van der Waals surface area contributed by atoms with E-state index in [1.807, 2.05) is 29.8 Å². The summed E-state index contributed by atoms with van der Waals surface area (Å²) in [4.78, 5) is 1.96. The van der Waals surface area contributed by atoms with Gasteiger partial charge in [-0.15, -0.1) is 22.0 Å². The molecule has 1 aromatic heterocycles. The fourth-order valence-corrected chi connectivity index (χ4v) is 3.46. The van der Waals surface area contributed by atoms with Crippen molar-refractivity contribution in [2.75, 3.05) is 5.75 Å². The molecule has 0 radical (unpaired) electrons. The third-order valence-corrected chi connectivity index (χ3v) is 4.48. The molecule has 7 heteroatoms. The molecule has 3 N–H and O–H groups in total. The molecule has 0 unspecified atom stereocenters. The molecule has 0 aliphatic carbocycles. The second kappa shape index (κ2) is 6.12. The molecule has 0 saturated carbocycles. The molecule has 5 nitrogen and oxygen atoms in total. The van der Waals surface area contributed by atoms with E-state index in [0.29, 0.717) is 0 Å². The number of hydrogen-bond donors (Lipinski definition) is 2. The molecule has 0 atom stereocenters. The van der Waals surface area contributed by atoms with Gasteiger partial charge >= 0.3 is 0 Å². The predicted octanol–water partition coefficient (Wildman–Crippen LogP) is 2.36. The molecule has 0 aliphatic heterocycles. The second-order valence-electron chi connectivity index (χ2n) is 3.80. The Labute approximate surface area is 120 Å². The molecule has 1 aromatic carbocycles. The van der Waals surface area contributed by atoms with E-state index in [1.54, 1.807) is 18.1 Å². The van der Waals surface area contributed by atoms with Gasteiger partial charge in [0.1, 0.15) is 12.2 Å². The summed E-state index contributed by atoms with van der Waals surface area (Å²) >= 11 is 3.16. The van der Waals surface area contributed by atoms with E-state index >= 15 is 0 Å². The molecule has 0 saturated heterocycles. The normalized spacial score (nSPS) is 10.6. The minimum absolute atomic E-state index is 0.0845. The fourth-order valence-electron chi connectivity index (χ4n) is 1.60. The third kappa shape index (κ3) is 3.10. The molecule has 2 aromatic rings. The largest absolute Gasteiger partial charge is 0.384 e. The second-order valence-corrected chi connectivity index (χ2v) is 6.12. The molecule has 0 aliphatic rings. The van der Waals surface area contributed by atoms with Crippen molar-refractivity contribution in [1.82, 2.24) is 14.8 Å². The van der Waals surface area contributed by atoms with Crippen molar-refractivity contribution in [1.29, 1.82) is 5.41 Å². The van der Waals surface area contributed by atoms with Crippen LogP contribution in [0.15, 0.2) is 39.5 Å². The summed E-state index contributed by atoms with van der Waals surface area (Å²) in [6.45, 7) is 2.08. The Morgan fingerprint density at radius 3 is 2.74 bits per heavy atom. The molecular formula is C12H15N5S2. The molecule has 2 rings (SSSR count). The van der Waals surface area contributed by atoms with E-state index in [4.69, 9.17) is 11.1 Å². The monoisotopic (exact) mass is 293 g/mol. The van der Waals surface area contributed by atoms with Crippen molar-refractivity contribution in [3.8, 4) is 0 Å². The standard InChI is InChI=1S/C12H15N5S2/c1-3-18-8-5-4-6-9(10(8)11(13)14)19-12-16-15-7-17(12)2/h4-7H,3H2,1-2H3,(H3,13,14). The minimum Gasteiger partial charge on any atom is -0.384 e. The van der Waals surface area contributed by atoms with Gasteiger partial charge in [-0.1, -0.05) is 13.0 Å². The maximum absolute atomic E-state index is 7.79. The van der Waals surface area contributed by atoms with Gasteiger partial charge < -0.3 is 10.3 Å². The van der Waals surface area contributed by atoms with Crippen LogP contribution in [0.25, 0.3) is 0 Å². The summed E-state index contributed by atoms with van der Waals surface area (Å²) in [5.74, 6) is 1.03. The van der Waals surface area contributed by atoms with Gasteiger partial charge in [-0.05, 0) is 29.6 Å². The van der Waals surface area contributed by atoms with E-state index in [2.05, 4.69) is 17.1 Å². The lowest BCUT2D eigenvalue weighted by Gasteiger charge is -2.11. The van der Waals surface area contributed by atoms with E-state index in [1.165, 1.54) is 11.8 Å². The molecule has 19 heavy (non-hydrogen) atoms. The zero-order chi connectivity index (χ0) is 13.8. The van der Waals surface area contributed by atoms with Gasteiger partial charge in [-0.2, -0.15) is 0 Å². The first-order valence-corrected chi connectivity index (χ1v) is 7.55. The van der Waals surface area contributed by atoms with Gasteiger partial charge in [0.15, 0.2) is 5.16 Å². The van der Waals surface area contributed by atoms with Crippen LogP contribution >= 0.6 is 23.5 Å². The van der Waals surface area contributed by atoms with Crippen molar-refractivity contribution < 1.29 is 0 Å². The molecule has 0 fully saturated rings. The molecular weight excluding hydrogens is 278 g/mol. The predicted molar refractivity (Wildman–Crippen MR) is 79.0 cm³/mol. The number of hydrogen-bond acceptors (Lipinski definition) is 5. The number of nitrogens with zero attached hydrogens (tertiary/aromatic N) is 3. The molecule has 0 amide bonds. The zero-order valence-electron chi connectivity index (χ0n) is 10.8. The Hall–Kier alpha value is -1.47. The summed E-state index contributed by atoms with van der Waals surface area (Å²) in [5, 5.41) is 16.5. The quantitative estimate of drug-likeness (QED) is 0.502. The molecule has 0 bridgehead atoms. The van der Waals surface area contributed by atoms with E-state index in [9.17, 15) is 0 Å². The summed E-state index contributed by atoms with van der Waals surface area (Å²) in [7, 11) is 1.89. The highest BCUT2D eigenvalue weighted by molar-refractivity contribution is 8.00. The van der Waals surface area contributed by atoms with Crippen molar-refractivity contribution in [2.45, 2.75) is 21.9 Å². The summed E-state index contributed by atoms with van der Waals surface area (Å²) in [6.07, 6.45) is 1.65. The maximum Gasteiger partial charge on any atom is 0.195 e. The third-order valence-electron chi connectivity index (χ3n) is 2.43. The van der Waals surface area contributed by atoms with Gasteiger partial charge in [0, 0.05) is 22.4 Å². The van der Waals surface area contributed by atoms with Crippen molar-refractivity contribution >= 4 is 29.4 Å². The fraction of sp³-hybridized carbons (Fsp3) is 0.250. The van der Waals surface area contributed by atoms with E-state index in [0.717, 1.165) is 26.3 Å². The average Bonchev–Trinajstić information content (AvgIpc) is 2.75. The number of nitrogens with one attached hydrogen (secondary N) is 1. The first-order chi connectivity index (χ1) is 9.13. The van der Waals surface area contributed by atoms with E-state index < -0.39 is 0 Å². The van der Waals surface area contributed by atoms with Gasteiger partial charge in [0.2, 0.25) is 0 Å². The first-order valence-electron chi connectivity index (χ1n) is 5.75. The minimum atomic E-state index is 0.0845. The smallest absolute Gasteiger partial charge is 0.195 e. The molecule has 100 valence electrons. The number of thioether (sulfide) groups is 1. The Balaban J connectivity index is 2.42. The van der Waals surface area contributed by atoms with Gasteiger partial charge in [-0.25, -0.2) is 0 Å². The van der Waals surface area contributed by atoms with Crippen LogP contribution in [-0.4, -0.2) is 26.4 Å². The number of rotatable bonds is 5. The number of benzene rings is 1. The van der Waals surface area contributed by atoms with Crippen LogP contribution in [0, 0.1) is 5.41 Å². The zero-order valence-corrected chi connectivity index (χ0v) is 12.4. The number of nitrogen functional groups attached to an aromatic ring is 1. The highest BCUT2D eigenvalue weighted by Crippen LogP contribution is 2.34. The van der Waals surface area contributed by atoms with Crippen molar-refractivity contribution in [2.24, 2.45) is 12.8 Å². The van der Waals surface area contributed by atoms with E-state index in [-0.39, 0.29) is 5.84 Å². The topological polar surface area (TPSA) is 80.6 Å². The number of aryl methyl sites for hydroxylation is 1. The first kappa shape index (κ1) is 14.0. The highest BCUT2D eigenvalue weighted by Gasteiger charge is 2.14. The van der Waals surface area contributed by atoms with Gasteiger partial charge in [0.25, 0.3) is 0 Å². The van der Waals surface area contributed by atoms with Crippen molar-refractivity contribution in [3.05, 3.63) is 30.1 Å².